The minimum absolute atomic E-state index is 0.324. The quantitative estimate of drug-likeness (QED) is 0.764. The van der Waals surface area contributed by atoms with Gasteiger partial charge in [0, 0.05) is 22.2 Å². The predicted molar refractivity (Wildman–Crippen MR) is 91.8 cm³/mol. The third-order valence-corrected chi connectivity index (χ3v) is 3.78. The van der Waals surface area contributed by atoms with Crippen molar-refractivity contribution in [3.05, 3.63) is 57.7 Å². The van der Waals surface area contributed by atoms with Crippen LogP contribution in [0.2, 0.25) is 5.02 Å². The first-order chi connectivity index (χ1) is 10.0. The highest BCUT2D eigenvalue weighted by atomic mass is 79.9. The fourth-order valence-corrected chi connectivity index (χ4v) is 2.25. The zero-order valence-corrected chi connectivity index (χ0v) is 14.2. The zero-order chi connectivity index (χ0) is 15.2. The molecule has 1 aromatic heterocycles. The Morgan fingerprint density at radius 1 is 1.38 bits per heavy atom. The topological polar surface area (TPSA) is 45.2 Å². The maximum atomic E-state index is 11.9. The lowest BCUT2D eigenvalue weighted by Crippen LogP contribution is -2.29. The second kappa shape index (κ2) is 7.68. The predicted octanol–water partition coefficient (Wildman–Crippen LogP) is 4.42. The smallest absolute Gasteiger partial charge is 0.291 e. The van der Waals surface area contributed by atoms with E-state index in [4.69, 9.17) is 11.6 Å². The van der Waals surface area contributed by atoms with Crippen LogP contribution in [0, 0.1) is 0 Å². The SMILES string of the molecule is O=C(Nc1ccc(Br)cn1)N(S)CCc1cccc(Cl)c1. The van der Waals surface area contributed by atoms with Crippen LogP contribution in [-0.4, -0.2) is 21.9 Å². The molecule has 0 aliphatic carbocycles. The maximum Gasteiger partial charge on any atom is 0.332 e. The van der Waals surface area contributed by atoms with E-state index >= 15 is 0 Å². The number of aromatic nitrogens is 1. The average Bonchev–Trinajstić information content (AvgIpc) is 2.47. The van der Waals surface area contributed by atoms with Crippen molar-refractivity contribution in [1.82, 2.24) is 9.29 Å². The van der Waals surface area contributed by atoms with Crippen molar-refractivity contribution in [1.29, 1.82) is 0 Å². The van der Waals surface area contributed by atoms with Crippen molar-refractivity contribution in [2.45, 2.75) is 6.42 Å². The molecule has 1 aromatic carbocycles. The lowest BCUT2D eigenvalue weighted by molar-refractivity contribution is 0.239. The van der Waals surface area contributed by atoms with Gasteiger partial charge in [-0.1, -0.05) is 36.5 Å². The van der Waals surface area contributed by atoms with Gasteiger partial charge in [0.05, 0.1) is 0 Å². The minimum Gasteiger partial charge on any atom is -0.291 e. The Hall–Kier alpha value is -1.24. The van der Waals surface area contributed by atoms with Crippen molar-refractivity contribution in [3.8, 4) is 0 Å². The number of nitrogens with one attached hydrogen (secondary N) is 1. The lowest BCUT2D eigenvalue weighted by Gasteiger charge is -2.16. The number of hydrogen-bond donors (Lipinski definition) is 2. The van der Waals surface area contributed by atoms with Crippen LogP contribution in [-0.2, 0) is 6.42 Å². The van der Waals surface area contributed by atoms with Crippen molar-refractivity contribution >= 4 is 52.2 Å². The minimum atomic E-state index is -0.324. The summed E-state index contributed by atoms with van der Waals surface area (Å²) in [6.07, 6.45) is 2.29. The van der Waals surface area contributed by atoms with E-state index in [1.54, 1.807) is 18.3 Å². The number of carbonyl (C=O) groups is 1. The second-order valence-corrected chi connectivity index (χ2v) is 6.13. The summed E-state index contributed by atoms with van der Waals surface area (Å²) in [5.74, 6) is 0.477. The maximum absolute atomic E-state index is 11.9. The van der Waals surface area contributed by atoms with Gasteiger partial charge in [-0.25, -0.2) is 9.78 Å². The van der Waals surface area contributed by atoms with Crippen molar-refractivity contribution < 1.29 is 4.79 Å². The van der Waals surface area contributed by atoms with E-state index in [2.05, 4.69) is 39.0 Å². The number of hydrogen-bond acceptors (Lipinski definition) is 3. The number of pyridine rings is 1. The highest BCUT2D eigenvalue weighted by Gasteiger charge is 2.10. The van der Waals surface area contributed by atoms with E-state index in [1.807, 2.05) is 24.3 Å². The molecule has 1 heterocycles. The van der Waals surface area contributed by atoms with E-state index in [0.717, 1.165) is 10.0 Å². The number of thiol groups is 1. The molecule has 0 saturated carbocycles. The third kappa shape index (κ3) is 5.22. The third-order valence-electron chi connectivity index (χ3n) is 2.70. The van der Waals surface area contributed by atoms with Gasteiger partial charge >= 0.3 is 6.03 Å². The van der Waals surface area contributed by atoms with E-state index < -0.39 is 0 Å². The molecule has 0 aliphatic heterocycles. The van der Waals surface area contributed by atoms with Crippen LogP contribution in [0.5, 0.6) is 0 Å². The monoisotopic (exact) mass is 385 g/mol. The number of rotatable bonds is 4. The molecule has 0 aliphatic rings. The van der Waals surface area contributed by atoms with Crippen LogP contribution < -0.4 is 5.32 Å². The molecule has 21 heavy (non-hydrogen) atoms. The van der Waals surface area contributed by atoms with Crippen LogP contribution >= 0.6 is 40.3 Å². The molecule has 1 N–H and O–H groups in total. The van der Waals surface area contributed by atoms with Crippen LogP contribution in [0.15, 0.2) is 47.1 Å². The lowest BCUT2D eigenvalue weighted by atomic mass is 10.1. The van der Waals surface area contributed by atoms with Gasteiger partial charge in [-0.3, -0.25) is 9.62 Å². The van der Waals surface area contributed by atoms with Crippen LogP contribution in [0.3, 0.4) is 0 Å². The first-order valence-electron chi connectivity index (χ1n) is 6.18. The van der Waals surface area contributed by atoms with Gasteiger partial charge in [0.2, 0.25) is 0 Å². The Kier molecular flexibility index (Phi) is 5.90. The highest BCUT2D eigenvalue weighted by molar-refractivity contribution is 9.10. The van der Waals surface area contributed by atoms with Crippen molar-refractivity contribution in [2.75, 3.05) is 11.9 Å². The Morgan fingerprint density at radius 2 is 2.19 bits per heavy atom. The largest absolute Gasteiger partial charge is 0.332 e. The van der Waals surface area contributed by atoms with Crippen molar-refractivity contribution in [3.63, 3.8) is 0 Å². The number of benzene rings is 1. The molecule has 2 aromatic rings. The molecule has 0 radical (unpaired) electrons. The average molecular weight is 387 g/mol. The Morgan fingerprint density at radius 3 is 2.86 bits per heavy atom. The van der Waals surface area contributed by atoms with E-state index in [0.29, 0.717) is 23.8 Å². The van der Waals surface area contributed by atoms with Gasteiger partial charge in [0.25, 0.3) is 0 Å². The first kappa shape index (κ1) is 16.1. The summed E-state index contributed by atoms with van der Waals surface area (Å²) in [6.45, 7) is 0.464. The van der Waals surface area contributed by atoms with Gasteiger partial charge in [0.1, 0.15) is 5.82 Å². The molecule has 2 rings (SSSR count). The molecule has 0 spiro atoms. The molecule has 0 bridgehead atoms. The van der Waals surface area contributed by atoms with Gasteiger partial charge in [0.15, 0.2) is 0 Å². The van der Waals surface area contributed by atoms with Gasteiger partial charge in [-0.15, -0.1) is 0 Å². The second-order valence-electron chi connectivity index (χ2n) is 4.29. The molecule has 0 atom stereocenters. The van der Waals surface area contributed by atoms with Crippen LogP contribution in [0.1, 0.15) is 5.56 Å². The summed E-state index contributed by atoms with van der Waals surface area (Å²) < 4.78 is 2.16. The van der Waals surface area contributed by atoms with Gasteiger partial charge < -0.3 is 0 Å². The van der Waals surface area contributed by atoms with E-state index in [-0.39, 0.29) is 6.03 Å². The van der Waals surface area contributed by atoms with E-state index in [9.17, 15) is 4.79 Å². The fraction of sp³-hybridized carbons (Fsp3) is 0.143. The Bertz CT molecular complexity index is 624. The molecule has 7 heteroatoms. The van der Waals surface area contributed by atoms with E-state index in [1.165, 1.54) is 4.31 Å². The summed E-state index contributed by atoms with van der Waals surface area (Å²) in [6, 6.07) is 10.7. The fourth-order valence-electron chi connectivity index (χ4n) is 1.65. The van der Waals surface area contributed by atoms with Gasteiger partial charge in [-0.05, 0) is 52.2 Å². The summed E-state index contributed by atoms with van der Waals surface area (Å²) in [5.41, 5.74) is 1.05. The van der Waals surface area contributed by atoms with Crippen molar-refractivity contribution in [2.24, 2.45) is 0 Å². The number of anilines is 1. The molecule has 0 saturated heterocycles. The number of carbonyl (C=O) groups excluding carboxylic acids is 1. The first-order valence-corrected chi connectivity index (χ1v) is 7.75. The molecule has 0 unspecified atom stereocenters. The molecular weight excluding hydrogens is 374 g/mol. The summed E-state index contributed by atoms with van der Waals surface area (Å²) in [4.78, 5) is 16.0. The molecular formula is C14H13BrClN3OS. The molecule has 110 valence electrons. The molecule has 0 fully saturated rings. The number of nitrogens with zero attached hydrogens (tertiary/aromatic N) is 2. The Balaban J connectivity index is 1.86. The number of halogens is 2. The Labute approximate surface area is 142 Å². The van der Waals surface area contributed by atoms with Crippen LogP contribution in [0.25, 0.3) is 0 Å². The normalized spacial score (nSPS) is 10.2. The number of amides is 2. The highest BCUT2D eigenvalue weighted by Crippen LogP contribution is 2.13. The standard InChI is InChI=1S/C14H13BrClN3OS/c15-11-4-5-13(17-9-11)18-14(20)19(21)7-6-10-2-1-3-12(16)8-10/h1-5,8-9,21H,6-7H2,(H,17,18,20). The molecule has 2 amide bonds. The molecule has 4 nitrogen and oxygen atoms in total. The zero-order valence-electron chi connectivity index (χ0n) is 11.0. The summed E-state index contributed by atoms with van der Waals surface area (Å²) in [7, 11) is 0. The summed E-state index contributed by atoms with van der Waals surface area (Å²) >= 11 is 13.4. The summed E-state index contributed by atoms with van der Waals surface area (Å²) in [5, 5.41) is 3.35. The van der Waals surface area contributed by atoms with Crippen LogP contribution in [0.4, 0.5) is 10.6 Å². The number of urea groups is 1. The van der Waals surface area contributed by atoms with Gasteiger partial charge in [-0.2, -0.15) is 0 Å².